The van der Waals surface area contributed by atoms with Gasteiger partial charge in [0.25, 0.3) is 0 Å². The van der Waals surface area contributed by atoms with Crippen LogP contribution in [0.1, 0.15) is 10.4 Å². The Hall–Kier alpha value is -2.07. The molecule has 0 aliphatic rings. The molecule has 0 spiro atoms. The molecule has 0 unspecified atom stereocenters. The smallest absolute Gasteiger partial charge is 0.175 e. The molecule has 3 aromatic rings. The van der Waals surface area contributed by atoms with Crippen LogP contribution in [0.4, 0.5) is 0 Å². The molecule has 0 radical (unpaired) electrons. The highest BCUT2D eigenvalue weighted by molar-refractivity contribution is 7.99. The molecule has 3 nitrogen and oxygen atoms in total. The number of ketones is 1. The molecule has 0 bridgehead atoms. The van der Waals surface area contributed by atoms with Gasteiger partial charge in [0.05, 0.1) is 10.8 Å². The zero-order chi connectivity index (χ0) is 13.9. The number of carbonyl (C=O) groups excluding carboxylic acids is 1. The van der Waals surface area contributed by atoms with Gasteiger partial charge in [-0.2, -0.15) is 0 Å². The first-order valence-electron chi connectivity index (χ1n) is 6.37. The lowest BCUT2D eigenvalue weighted by atomic mass is 10.1. The largest absolute Gasteiger partial charge is 0.350 e. The summed E-state index contributed by atoms with van der Waals surface area (Å²) in [6.45, 7) is 0. The Morgan fingerprint density at radius 1 is 1.20 bits per heavy atom. The van der Waals surface area contributed by atoms with Crippen LogP contribution in [0.15, 0.2) is 59.9 Å². The molecular formula is C16H14N2OS. The standard InChI is InChI=1S/C16H14N2OS/c1-18-10-13(12-6-2-3-7-14(12)18)15(19)11-20-16-8-4-5-9-17-16/h2-10H,11H2,1H3. The van der Waals surface area contributed by atoms with Crippen LogP contribution in [0, 0.1) is 0 Å². The summed E-state index contributed by atoms with van der Waals surface area (Å²) in [4.78, 5) is 16.6. The number of para-hydroxylation sites is 1. The van der Waals surface area contributed by atoms with E-state index >= 15 is 0 Å². The van der Waals surface area contributed by atoms with E-state index in [-0.39, 0.29) is 5.78 Å². The lowest BCUT2D eigenvalue weighted by molar-refractivity contribution is 0.102. The normalized spacial score (nSPS) is 10.8. The summed E-state index contributed by atoms with van der Waals surface area (Å²) >= 11 is 1.47. The molecule has 20 heavy (non-hydrogen) atoms. The van der Waals surface area contributed by atoms with Gasteiger partial charge in [-0.25, -0.2) is 4.98 Å². The van der Waals surface area contributed by atoms with Crippen LogP contribution in [-0.4, -0.2) is 21.1 Å². The van der Waals surface area contributed by atoms with E-state index in [1.165, 1.54) is 11.8 Å². The molecule has 0 fully saturated rings. The molecule has 4 heteroatoms. The first-order chi connectivity index (χ1) is 9.75. The monoisotopic (exact) mass is 282 g/mol. The fourth-order valence-electron chi connectivity index (χ4n) is 2.21. The van der Waals surface area contributed by atoms with Crippen molar-refractivity contribution in [2.45, 2.75) is 5.03 Å². The van der Waals surface area contributed by atoms with Crippen molar-refractivity contribution in [2.24, 2.45) is 7.05 Å². The molecule has 0 saturated heterocycles. The van der Waals surface area contributed by atoms with Crippen LogP contribution >= 0.6 is 11.8 Å². The number of Topliss-reactive ketones (excluding diaryl/α,β-unsaturated/α-hetero) is 1. The molecule has 3 rings (SSSR count). The van der Waals surface area contributed by atoms with Crippen molar-refractivity contribution in [3.05, 3.63) is 60.4 Å². The predicted molar refractivity (Wildman–Crippen MR) is 82.2 cm³/mol. The SMILES string of the molecule is Cn1cc(C(=O)CSc2ccccn2)c2ccccc21. The Kier molecular flexibility index (Phi) is 3.56. The third kappa shape index (κ3) is 2.47. The Balaban J connectivity index is 1.83. The van der Waals surface area contributed by atoms with Gasteiger partial charge in [-0.1, -0.05) is 36.0 Å². The van der Waals surface area contributed by atoms with Crippen molar-refractivity contribution in [3.63, 3.8) is 0 Å². The van der Waals surface area contributed by atoms with Gasteiger partial charge in [0, 0.05) is 35.9 Å². The van der Waals surface area contributed by atoms with Gasteiger partial charge in [-0.05, 0) is 18.2 Å². The van der Waals surface area contributed by atoms with Crippen LogP contribution in [-0.2, 0) is 7.05 Å². The summed E-state index contributed by atoms with van der Waals surface area (Å²) in [6.07, 6.45) is 3.65. The zero-order valence-corrected chi connectivity index (χ0v) is 11.9. The maximum absolute atomic E-state index is 12.4. The van der Waals surface area contributed by atoms with E-state index in [1.54, 1.807) is 6.20 Å². The summed E-state index contributed by atoms with van der Waals surface area (Å²) in [5, 5.41) is 1.89. The van der Waals surface area contributed by atoms with Gasteiger partial charge in [0.1, 0.15) is 0 Å². The average Bonchev–Trinajstić information content (AvgIpc) is 2.84. The highest BCUT2D eigenvalue weighted by atomic mass is 32.2. The van der Waals surface area contributed by atoms with Crippen LogP contribution < -0.4 is 0 Å². The Labute approximate surface area is 121 Å². The Morgan fingerprint density at radius 3 is 2.80 bits per heavy atom. The summed E-state index contributed by atoms with van der Waals surface area (Å²) in [5.41, 5.74) is 1.87. The maximum Gasteiger partial charge on any atom is 0.175 e. The number of rotatable bonds is 4. The Bertz CT molecular complexity index is 750. The number of aromatic nitrogens is 2. The van der Waals surface area contributed by atoms with Gasteiger partial charge >= 0.3 is 0 Å². The van der Waals surface area contributed by atoms with E-state index in [0.29, 0.717) is 5.75 Å². The molecule has 100 valence electrons. The van der Waals surface area contributed by atoms with Crippen molar-refractivity contribution in [1.82, 2.24) is 9.55 Å². The lowest BCUT2D eigenvalue weighted by Crippen LogP contribution is -2.01. The second-order valence-electron chi connectivity index (χ2n) is 4.55. The fraction of sp³-hybridized carbons (Fsp3) is 0.125. The summed E-state index contributed by atoms with van der Waals surface area (Å²) in [7, 11) is 1.96. The maximum atomic E-state index is 12.4. The van der Waals surface area contributed by atoms with Crippen LogP contribution in [0.25, 0.3) is 10.9 Å². The van der Waals surface area contributed by atoms with Crippen molar-refractivity contribution in [2.75, 3.05) is 5.75 Å². The lowest BCUT2D eigenvalue weighted by Gasteiger charge is -1.99. The highest BCUT2D eigenvalue weighted by Crippen LogP contribution is 2.23. The van der Waals surface area contributed by atoms with Crippen LogP contribution in [0.3, 0.4) is 0 Å². The van der Waals surface area contributed by atoms with E-state index in [4.69, 9.17) is 0 Å². The van der Waals surface area contributed by atoms with Gasteiger partial charge in [-0.3, -0.25) is 4.79 Å². The van der Waals surface area contributed by atoms with Crippen LogP contribution in [0.5, 0.6) is 0 Å². The third-order valence-electron chi connectivity index (χ3n) is 3.19. The number of benzene rings is 1. The topological polar surface area (TPSA) is 34.9 Å². The summed E-state index contributed by atoms with van der Waals surface area (Å²) < 4.78 is 1.99. The van der Waals surface area contributed by atoms with Crippen molar-refractivity contribution >= 4 is 28.4 Å². The van der Waals surface area contributed by atoms with Gasteiger partial charge in [0.15, 0.2) is 5.78 Å². The molecule has 0 aliphatic carbocycles. The molecule has 2 heterocycles. The van der Waals surface area contributed by atoms with E-state index in [9.17, 15) is 4.79 Å². The summed E-state index contributed by atoms with van der Waals surface area (Å²) in [5.74, 6) is 0.544. The number of fused-ring (bicyclic) bond motifs is 1. The quantitative estimate of drug-likeness (QED) is 0.542. The number of hydrogen-bond donors (Lipinski definition) is 0. The molecular weight excluding hydrogens is 268 g/mol. The second kappa shape index (κ2) is 5.51. The number of pyridine rings is 1. The number of carbonyl (C=O) groups is 1. The second-order valence-corrected chi connectivity index (χ2v) is 5.55. The molecule has 0 N–H and O–H groups in total. The number of thioether (sulfide) groups is 1. The molecule has 2 aromatic heterocycles. The van der Waals surface area contributed by atoms with Crippen molar-refractivity contribution in [3.8, 4) is 0 Å². The molecule has 0 atom stereocenters. The predicted octanol–water partition coefficient (Wildman–Crippen LogP) is 3.55. The highest BCUT2D eigenvalue weighted by Gasteiger charge is 2.13. The van der Waals surface area contributed by atoms with Crippen LogP contribution in [0.2, 0.25) is 0 Å². The minimum absolute atomic E-state index is 0.137. The minimum atomic E-state index is 0.137. The van der Waals surface area contributed by atoms with E-state index < -0.39 is 0 Å². The summed E-state index contributed by atoms with van der Waals surface area (Å²) in [6, 6.07) is 13.7. The zero-order valence-electron chi connectivity index (χ0n) is 11.1. The number of nitrogens with zero attached hydrogens (tertiary/aromatic N) is 2. The number of hydrogen-bond acceptors (Lipinski definition) is 3. The molecule has 0 saturated carbocycles. The fourth-order valence-corrected chi connectivity index (χ4v) is 2.96. The van der Waals surface area contributed by atoms with Crippen molar-refractivity contribution in [1.29, 1.82) is 0 Å². The third-order valence-corrected chi connectivity index (χ3v) is 4.13. The van der Waals surface area contributed by atoms with E-state index in [2.05, 4.69) is 4.98 Å². The first kappa shape index (κ1) is 12.9. The molecule has 0 aliphatic heterocycles. The average molecular weight is 282 g/mol. The molecule has 0 amide bonds. The first-order valence-corrected chi connectivity index (χ1v) is 7.35. The van der Waals surface area contributed by atoms with Gasteiger partial charge in [-0.15, -0.1) is 0 Å². The van der Waals surface area contributed by atoms with Gasteiger partial charge in [0.2, 0.25) is 0 Å². The van der Waals surface area contributed by atoms with E-state index in [1.807, 2.05) is 60.3 Å². The Morgan fingerprint density at radius 2 is 2.00 bits per heavy atom. The van der Waals surface area contributed by atoms with E-state index in [0.717, 1.165) is 21.5 Å². The van der Waals surface area contributed by atoms with Gasteiger partial charge < -0.3 is 4.57 Å². The molecule has 1 aromatic carbocycles. The number of aryl methyl sites for hydroxylation is 1. The minimum Gasteiger partial charge on any atom is -0.350 e. The van der Waals surface area contributed by atoms with Crippen molar-refractivity contribution < 1.29 is 4.79 Å².